The van der Waals surface area contributed by atoms with Crippen molar-refractivity contribution in [2.24, 2.45) is 5.41 Å². The second-order valence-corrected chi connectivity index (χ2v) is 6.82. The van der Waals surface area contributed by atoms with Gasteiger partial charge in [-0.15, -0.1) is 0 Å². The van der Waals surface area contributed by atoms with Crippen molar-refractivity contribution in [2.45, 2.75) is 52.5 Å². The van der Waals surface area contributed by atoms with Crippen molar-refractivity contribution in [2.75, 3.05) is 19.7 Å². The molecule has 1 unspecified atom stereocenters. The Hall–Kier alpha value is -1.55. The minimum atomic E-state index is 0.0118. The maximum absolute atomic E-state index is 12.5. The summed E-state index contributed by atoms with van der Waals surface area (Å²) in [6, 6.07) is 8.42. The molecule has 1 aromatic carbocycles. The molecule has 0 aromatic heterocycles. The van der Waals surface area contributed by atoms with E-state index in [1.165, 1.54) is 5.56 Å². The van der Waals surface area contributed by atoms with Crippen LogP contribution in [-0.2, 0) is 0 Å². The third-order valence-corrected chi connectivity index (χ3v) is 5.38. The van der Waals surface area contributed by atoms with E-state index in [0.29, 0.717) is 0 Å². The Morgan fingerprint density at radius 1 is 1.26 bits per heavy atom. The van der Waals surface area contributed by atoms with Crippen molar-refractivity contribution in [3.63, 3.8) is 0 Å². The van der Waals surface area contributed by atoms with Crippen molar-refractivity contribution in [1.82, 2.24) is 10.2 Å². The largest absolute Gasteiger partial charge is 0.396 e. The summed E-state index contributed by atoms with van der Waals surface area (Å²) >= 11 is 0. The fraction of sp³-hybridized carbons (Fsp3) is 0.632. The molecule has 0 bridgehead atoms. The molecule has 2 N–H and O–H groups in total. The van der Waals surface area contributed by atoms with Crippen LogP contribution in [0.5, 0.6) is 0 Å². The summed E-state index contributed by atoms with van der Waals surface area (Å²) in [4.78, 5) is 14.4. The molecule has 0 spiro atoms. The molecular weight excluding hydrogens is 288 g/mol. The number of amides is 2. The number of nitrogens with zero attached hydrogens (tertiary/aromatic N) is 1. The number of aliphatic hydroxyl groups is 1. The molecular formula is C19H30N2O2. The lowest BCUT2D eigenvalue weighted by Crippen LogP contribution is -2.48. The maximum atomic E-state index is 12.5. The molecule has 128 valence electrons. The van der Waals surface area contributed by atoms with Crippen LogP contribution in [0, 0.1) is 12.3 Å². The predicted molar refractivity (Wildman–Crippen MR) is 93.4 cm³/mol. The molecule has 1 fully saturated rings. The van der Waals surface area contributed by atoms with E-state index in [1.807, 2.05) is 4.90 Å². The van der Waals surface area contributed by atoms with Crippen LogP contribution in [0.2, 0.25) is 0 Å². The maximum Gasteiger partial charge on any atom is 0.317 e. The highest BCUT2D eigenvalue weighted by molar-refractivity contribution is 5.74. The van der Waals surface area contributed by atoms with Gasteiger partial charge in [-0.1, -0.05) is 43.7 Å². The van der Waals surface area contributed by atoms with Gasteiger partial charge >= 0.3 is 6.03 Å². The zero-order valence-electron chi connectivity index (χ0n) is 14.6. The topological polar surface area (TPSA) is 52.6 Å². The molecule has 1 aromatic rings. The second kappa shape index (κ2) is 7.82. The third kappa shape index (κ3) is 4.25. The molecule has 2 amide bonds. The van der Waals surface area contributed by atoms with E-state index in [-0.39, 0.29) is 24.1 Å². The number of carbonyl (C=O) groups excluding carboxylic acids is 1. The number of carbonyl (C=O) groups is 1. The van der Waals surface area contributed by atoms with Gasteiger partial charge in [0.1, 0.15) is 0 Å². The van der Waals surface area contributed by atoms with Crippen LogP contribution in [0.3, 0.4) is 0 Å². The van der Waals surface area contributed by atoms with Crippen molar-refractivity contribution in [3.05, 3.63) is 35.4 Å². The lowest BCUT2D eigenvalue weighted by Gasteiger charge is -2.40. The average molecular weight is 318 g/mol. The molecule has 4 nitrogen and oxygen atoms in total. The first-order valence-corrected chi connectivity index (χ1v) is 8.76. The molecule has 1 aliphatic heterocycles. The Bertz CT molecular complexity index is 499. The number of aliphatic hydroxyl groups excluding tert-OH is 1. The highest BCUT2D eigenvalue weighted by Crippen LogP contribution is 2.34. The monoisotopic (exact) mass is 318 g/mol. The van der Waals surface area contributed by atoms with E-state index >= 15 is 0 Å². The lowest BCUT2D eigenvalue weighted by atomic mass is 9.77. The van der Waals surface area contributed by atoms with E-state index in [9.17, 15) is 9.90 Å². The first-order chi connectivity index (χ1) is 11.0. The number of hydrogen-bond donors (Lipinski definition) is 2. The highest BCUT2D eigenvalue weighted by atomic mass is 16.3. The summed E-state index contributed by atoms with van der Waals surface area (Å²) in [6.07, 6.45) is 3.61. The minimum Gasteiger partial charge on any atom is -0.396 e. The summed E-state index contributed by atoms with van der Waals surface area (Å²) in [7, 11) is 0. The van der Waals surface area contributed by atoms with Gasteiger partial charge in [0.2, 0.25) is 0 Å². The summed E-state index contributed by atoms with van der Waals surface area (Å²) in [5.74, 6) is 0. The lowest BCUT2D eigenvalue weighted by molar-refractivity contribution is 0.0514. The van der Waals surface area contributed by atoms with Crippen molar-refractivity contribution < 1.29 is 9.90 Å². The fourth-order valence-corrected chi connectivity index (χ4v) is 3.27. The molecule has 0 radical (unpaired) electrons. The van der Waals surface area contributed by atoms with E-state index in [4.69, 9.17) is 0 Å². The van der Waals surface area contributed by atoms with Crippen LogP contribution in [0.25, 0.3) is 0 Å². The minimum absolute atomic E-state index is 0.0118. The number of piperidine rings is 1. The number of benzene rings is 1. The Balaban J connectivity index is 1.94. The Labute approximate surface area is 139 Å². The highest BCUT2D eigenvalue weighted by Gasteiger charge is 2.34. The van der Waals surface area contributed by atoms with Gasteiger partial charge < -0.3 is 15.3 Å². The van der Waals surface area contributed by atoms with Gasteiger partial charge in [0.25, 0.3) is 0 Å². The molecule has 2 rings (SSSR count). The number of likely N-dealkylation sites (tertiary alicyclic amines) is 1. The summed E-state index contributed by atoms with van der Waals surface area (Å²) < 4.78 is 0. The predicted octanol–water partition coefficient (Wildman–Crippen LogP) is 3.64. The number of hydrogen-bond acceptors (Lipinski definition) is 2. The van der Waals surface area contributed by atoms with E-state index in [1.54, 1.807) is 0 Å². The number of urea groups is 1. The average Bonchev–Trinajstić information content (AvgIpc) is 2.60. The first-order valence-electron chi connectivity index (χ1n) is 8.76. The zero-order valence-corrected chi connectivity index (χ0v) is 14.6. The fourth-order valence-electron chi connectivity index (χ4n) is 3.27. The van der Waals surface area contributed by atoms with Gasteiger partial charge in [-0.25, -0.2) is 4.79 Å². The van der Waals surface area contributed by atoms with Crippen molar-refractivity contribution in [3.8, 4) is 0 Å². The van der Waals surface area contributed by atoms with Gasteiger partial charge in [0.05, 0.1) is 6.04 Å². The number of rotatable bonds is 5. The first kappa shape index (κ1) is 17.8. The molecule has 1 aliphatic rings. The SMILES string of the molecule is CCC(NC(=O)N1CCC(CC)(CO)CC1)c1ccc(C)cc1. The Morgan fingerprint density at radius 2 is 1.87 bits per heavy atom. The van der Waals surface area contributed by atoms with Gasteiger partial charge in [-0.05, 0) is 43.6 Å². The molecule has 0 saturated carbocycles. The van der Waals surface area contributed by atoms with Crippen LogP contribution in [-0.4, -0.2) is 35.7 Å². The normalized spacial score (nSPS) is 18.5. The standard InChI is InChI=1S/C19H30N2O2/c1-4-17(16-8-6-15(3)7-9-16)20-18(23)21-12-10-19(5-2,14-22)11-13-21/h6-9,17,22H,4-5,10-14H2,1-3H3,(H,20,23). The second-order valence-electron chi connectivity index (χ2n) is 6.82. The van der Waals surface area contributed by atoms with E-state index in [0.717, 1.165) is 44.3 Å². The summed E-state index contributed by atoms with van der Waals surface area (Å²) in [5, 5.41) is 12.8. The van der Waals surface area contributed by atoms with Crippen LogP contribution in [0.1, 0.15) is 56.7 Å². The Morgan fingerprint density at radius 3 is 2.35 bits per heavy atom. The van der Waals surface area contributed by atoms with Crippen molar-refractivity contribution >= 4 is 6.03 Å². The molecule has 1 saturated heterocycles. The quantitative estimate of drug-likeness (QED) is 0.871. The summed E-state index contributed by atoms with van der Waals surface area (Å²) in [6.45, 7) is 7.96. The molecule has 1 heterocycles. The van der Waals surface area contributed by atoms with Gasteiger partial charge in [-0.3, -0.25) is 0 Å². The van der Waals surface area contributed by atoms with Gasteiger partial charge in [0, 0.05) is 19.7 Å². The molecule has 1 atom stereocenters. The van der Waals surface area contributed by atoms with E-state index in [2.05, 4.69) is 50.4 Å². The molecule has 4 heteroatoms. The van der Waals surface area contributed by atoms with Crippen molar-refractivity contribution in [1.29, 1.82) is 0 Å². The van der Waals surface area contributed by atoms with Crippen LogP contribution in [0.15, 0.2) is 24.3 Å². The van der Waals surface area contributed by atoms with Crippen LogP contribution in [0.4, 0.5) is 4.79 Å². The molecule has 0 aliphatic carbocycles. The zero-order chi connectivity index (χ0) is 16.9. The Kier molecular flexibility index (Phi) is 6.05. The number of aryl methyl sites for hydroxylation is 1. The molecule has 23 heavy (non-hydrogen) atoms. The van der Waals surface area contributed by atoms with Gasteiger partial charge in [0.15, 0.2) is 0 Å². The van der Waals surface area contributed by atoms with Crippen LogP contribution >= 0.6 is 0 Å². The van der Waals surface area contributed by atoms with Crippen LogP contribution < -0.4 is 5.32 Å². The summed E-state index contributed by atoms with van der Waals surface area (Å²) in [5.41, 5.74) is 2.39. The third-order valence-electron chi connectivity index (χ3n) is 5.38. The number of nitrogens with one attached hydrogen (secondary N) is 1. The van der Waals surface area contributed by atoms with E-state index < -0.39 is 0 Å². The van der Waals surface area contributed by atoms with Gasteiger partial charge in [-0.2, -0.15) is 0 Å². The smallest absolute Gasteiger partial charge is 0.317 e.